The summed E-state index contributed by atoms with van der Waals surface area (Å²) in [5.41, 5.74) is 7.02. The van der Waals surface area contributed by atoms with Crippen LogP contribution in [-0.4, -0.2) is 33.2 Å². The van der Waals surface area contributed by atoms with E-state index >= 15 is 0 Å². The Morgan fingerprint density at radius 1 is 1.38 bits per heavy atom. The summed E-state index contributed by atoms with van der Waals surface area (Å²) in [7, 11) is -2.10. The molecule has 118 valence electrons. The van der Waals surface area contributed by atoms with Crippen molar-refractivity contribution in [3.8, 4) is 0 Å². The van der Waals surface area contributed by atoms with E-state index in [1.807, 2.05) is 0 Å². The van der Waals surface area contributed by atoms with Gasteiger partial charge in [0.2, 0.25) is 10.0 Å². The largest absolute Gasteiger partial charge is 0.397 e. The van der Waals surface area contributed by atoms with Gasteiger partial charge in [0.15, 0.2) is 0 Å². The van der Waals surface area contributed by atoms with Crippen LogP contribution in [-0.2, 0) is 10.0 Å². The van der Waals surface area contributed by atoms with Gasteiger partial charge in [-0.25, -0.2) is 13.1 Å². The normalized spacial score (nSPS) is 23.0. The topological polar surface area (TPSA) is 104 Å². The fraction of sp³-hybridized carbons (Fsp3) is 0.571. The molecule has 1 aliphatic rings. The Bertz CT molecular complexity index is 589. The van der Waals surface area contributed by atoms with Gasteiger partial charge in [-0.2, -0.15) is 0 Å². The van der Waals surface area contributed by atoms with Crippen molar-refractivity contribution < 1.29 is 13.5 Å². The summed E-state index contributed by atoms with van der Waals surface area (Å²) >= 11 is 0. The molecule has 21 heavy (non-hydrogen) atoms. The minimum absolute atomic E-state index is 0.186. The molecule has 0 amide bonds. The average molecular weight is 313 g/mol. The summed E-state index contributed by atoms with van der Waals surface area (Å²) in [6, 6.07) is 4.61. The van der Waals surface area contributed by atoms with E-state index in [1.54, 1.807) is 12.1 Å². The zero-order chi connectivity index (χ0) is 15.5. The number of anilines is 2. The fourth-order valence-electron chi connectivity index (χ4n) is 2.68. The van der Waals surface area contributed by atoms with Crippen molar-refractivity contribution in [1.29, 1.82) is 0 Å². The molecule has 0 spiro atoms. The van der Waals surface area contributed by atoms with E-state index in [0.717, 1.165) is 25.7 Å². The number of nitrogen functional groups attached to an aromatic ring is 1. The zero-order valence-electron chi connectivity index (χ0n) is 12.2. The molecule has 7 heteroatoms. The molecule has 1 aromatic carbocycles. The third-order valence-corrected chi connectivity index (χ3v) is 5.35. The summed E-state index contributed by atoms with van der Waals surface area (Å²) in [4.78, 5) is 0.186. The number of aliphatic hydroxyl groups is 1. The maximum absolute atomic E-state index is 11.8. The monoisotopic (exact) mass is 313 g/mol. The molecule has 0 aliphatic heterocycles. The van der Waals surface area contributed by atoms with Crippen LogP contribution in [0.2, 0.25) is 0 Å². The second kappa shape index (κ2) is 6.64. The molecule has 2 unspecified atom stereocenters. The number of rotatable bonds is 5. The number of nitrogens with one attached hydrogen (secondary N) is 2. The minimum atomic E-state index is -3.47. The smallest absolute Gasteiger partial charge is 0.240 e. The van der Waals surface area contributed by atoms with Gasteiger partial charge in [0, 0.05) is 6.54 Å². The van der Waals surface area contributed by atoms with Crippen LogP contribution in [0.1, 0.15) is 25.7 Å². The van der Waals surface area contributed by atoms with E-state index in [2.05, 4.69) is 10.0 Å². The standard InChI is InChI=1S/C14H23N3O3S/c1-16-21(19,20)12-5-6-13(15)14(8-12)17-9-10-3-2-4-11(18)7-10/h5-6,8,10-11,16-18H,2-4,7,9,15H2,1H3. The van der Waals surface area contributed by atoms with E-state index in [-0.39, 0.29) is 11.0 Å². The molecule has 0 heterocycles. The summed E-state index contributed by atoms with van der Waals surface area (Å²) < 4.78 is 25.9. The van der Waals surface area contributed by atoms with E-state index in [0.29, 0.717) is 23.8 Å². The van der Waals surface area contributed by atoms with Crippen molar-refractivity contribution in [2.75, 3.05) is 24.6 Å². The molecule has 1 fully saturated rings. The van der Waals surface area contributed by atoms with Crippen LogP contribution in [0.15, 0.2) is 23.1 Å². The van der Waals surface area contributed by atoms with Crippen LogP contribution in [0.4, 0.5) is 11.4 Å². The lowest BCUT2D eigenvalue weighted by molar-refractivity contribution is 0.105. The molecule has 2 rings (SSSR count). The molecule has 0 saturated heterocycles. The maximum atomic E-state index is 11.8. The van der Waals surface area contributed by atoms with Crippen molar-refractivity contribution in [2.45, 2.75) is 36.7 Å². The third kappa shape index (κ3) is 4.09. The number of hydrogen-bond acceptors (Lipinski definition) is 5. The van der Waals surface area contributed by atoms with Gasteiger partial charge in [-0.3, -0.25) is 0 Å². The quantitative estimate of drug-likeness (QED) is 0.610. The number of sulfonamides is 1. The summed E-state index contributed by atoms with van der Waals surface area (Å²) in [6.07, 6.45) is 3.52. The summed E-state index contributed by atoms with van der Waals surface area (Å²) in [5.74, 6) is 0.387. The lowest BCUT2D eigenvalue weighted by Crippen LogP contribution is -2.25. The van der Waals surface area contributed by atoms with Crippen LogP contribution >= 0.6 is 0 Å². The molecule has 0 aromatic heterocycles. The molecule has 1 aromatic rings. The molecule has 5 N–H and O–H groups in total. The van der Waals surface area contributed by atoms with Gasteiger partial charge in [-0.05, 0) is 50.4 Å². The summed E-state index contributed by atoms with van der Waals surface area (Å²) in [6.45, 7) is 0.685. The first-order valence-electron chi connectivity index (χ1n) is 7.17. The Balaban J connectivity index is 2.07. The number of hydrogen-bond donors (Lipinski definition) is 4. The van der Waals surface area contributed by atoms with Crippen LogP contribution in [0.5, 0.6) is 0 Å². The average Bonchev–Trinajstić information content (AvgIpc) is 2.46. The van der Waals surface area contributed by atoms with Gasteiger partial charge < -0.3 is 16.2 Å². The molecule has 0 radical (unpaired) electrons. The van der Waals surface area contributed by atoms with Gasteiger partial charge in [0.25, 0.3) is 0 Å². The second-order valence-electron chi connectivity index (χ2n) is 5.52. The highest BCUT2D eigenvalue weighted by atomic mass is 32.2. The predicted molar refractivity (Wildman–Crippen MR) is 83.6 cm³/mol. The van der Waals surface area contributed by atoms with E-state index in [4.69, 9.17) is 5.73 Å². The van der Waals surface area contributed by atoms with E-state index in [1.165, 1.54) is 13.1 Å². The maximum Gasteiger partial charge on any atom is 0.240 e. The fourth-order valence-corrected chi connectivity index (χ4v) is 3.43. The van der Waals surface area contributed by atoms with Gasteiger partial charge in [0.05, 0.1) is 22.4 Å². The molecule has 6 nitrogen and oxygen atoms in total. The molecular formula is C14H23N3O3S. The Kier molecular flexibility index (Phi) is 5.08. The van der Waals surface area contributed by atoms with Crippen molar-refractivity contribution >= 4 is 21.4 Å². The van der Waals surface area contributed by atoms with Crippen molar-refractivity contribution in [1.82, 2.24) is 4.72 Å². The predicted octanol–water partition coefficient (Wildman–Crippen LogP) is 1.14. The molecule has 1 saturated carbocycles. The Morgan fingerprint density at radius 2 is 2.14 bits per heavy atom. The zero-order valence-corrected chi connectivity index (χ0v) is 13.0. The van der Waals surface area contributed by atoms with Gasteiger partial charge in [-0.15, -0.1) is 0 Å². The van der Waals surface area contributed by atoms with Crippen LogP contribution in [0, 0.1) is 5.92 Å². The molecule has 2 atom stereocenters. The van der Waals surface area contributed by atoms with Crippen LogP contribution in [0.3, 0.4) is 0 Å². The minimum Gasteiger partial charge on any atom is -0.397 e. The van der Waals surface area contributed by atoms with Crippen LogP contribution in [0.25, 0.3) is 0 Å². The highest BCUT2D eigenvalue weighted by Gasteiger charge is 2.20. The molecule has 1 aliphatic carbocycles. The lowest BCUT2D eigenvalue weighted by atomic mass is 9.87. The Morgan fingerprint density at radius 3 is 2.81 bits per heavy atom. The van der Waals surface area contributed by atoms with E-state index in [9.17, 15) is 13.5 Å². The van der Waals surface area contributed by atoms with Gasteiger partial charge >= 0.3 is 0 Å². The first kappa shape index (κ1) is 16.1. The number of benzene rings is 1. The Labute approximate surface area is 125 Å². The molecular weight excluding hydrogens is 290 g/mol. The van der Waals surface area contributed by atoms with Crippen molar-refractivity contribution in [2.24, 2.45) is 5.92 Å². The first-order valence-corrected chi connectivity index (χ1v) is 8.65. The van der Waals surface area contributed by atoms with Crippen molar-refractivity contribution in [3.05, 3.63) is 18.2 Å². The highest BCUT2D eigenvalue weighted by molar-refractivity contribution is 7.89. The van der Waals surface area contributed by atoms with Crippen LogP contribution < -0.4 is 15.8 Å². The Hall–Kier alpha value is -1.31. The lowest BCUT2D eigenvalue weighted by Gasteiger charge is -2.26. The number of aliphatic hydroxyl groups excluding tert-OH is 1. The third-order valence-electron chi connectivity index (χ3n) is 3.94. The first-order chi connectivity index (χ1) is 9.92. The van der Waals surface area contributed by atoms with Gasteiger partial charge in [0.1, 0.15) is 0 Å². The molecule has 0 bridgehead atoms. The highest BCUT2D eigenvalue weighted by Crippen LogP contribution is 2.27. The van der Waals surface area contributed by atoms with E-state index < -0.39 is 10.0 Å². The number of nitrogens with two attached hydrogens (primary N) is 1. The van der Waals surface area contributed by atoms with Gasteiger partial charge in [-0.1, -0.05) is 6.42 Å². The van der Waals surface area contributed by atoms with Crippen molar-refractivity contribution in [3.63, 3.8) is 0 Å². The SMILES string of the molecule is CNS(=O)(=O)c1ccc(N)c(NCC2CCCC(O)C2)c1. The summed E-state index contributed by atoms with van der Waals surface area (Å²) in [5, 5.41) is 12.9. The second-order valence-corrected chi connectivity index (χ2v) is 7.41.